The van der Waals surface area contributed by atoms with Crippen molar-refractivity contribution in [2.75, 3.05) is 13.2 Å². The highest BCUT2D eigenvalue weighted by atomic mass is 16.5. The normalized spacial score (nSPS) is 35.7. The Morgan fingerprint density at radius 2 is 1.63 bits per heavy atom. The molecule has 6 aliphatic rings. The van der Waals surface area contributed by atoms with Crippen LogP contribution in [-0.4, -0.2) is 52.9 Å². The molecule has 0 atom stereocenters. The Bertz CT molecular complexity index is 737. The van der Waals surface area contributed by atoms with Gasteiger partial charge in [0.15, 0.2) is 6.61 Å². The van der Waals surface area contributed by atoms with E-state index >= 15 is 0 Å². The van der Waals surface area contributed by atoms with E-state index in [4.69, 9.17) is 4.74 Å². The zero-order valence-electron chi connectivity index (χ0n) is 17.4. The molecule has 6 fully saturated rings. The molecule has 4 amide bonds. The number of hydrogen-bond donors (Lipinski definition) is 2. The second-order valence-electron chi connectivity index (χ2n) is 10.3. The van der Waals surface area contributed by atoms with Crippen LogP contribution in [0.2, 0.25) is 0 Å². The van der Waals surface area contributed by atoms with Crippen LogP contribution in [0.25, 0.3) is 0 Å². The van der Waals surface area contributed by atoms with Crippen molar-refractivity contribution in [3.05, 3.63) is 0 Å². The van der Waals surface area contributed by atoms with E-state index in [9.17, 15) is 19.2 Å². The maximum absolute atomic E-state index is 12.6. The van der Waals surface area contributed by atoms with E-state index in [1.54, 1.807) is 0 Å². The fourth-order valence-corrected chi connectivity index (χ4v) is 7.21. The molecule has 30 heavy (non-hydrogen) atoms. The lowest BCUT2D eigenvalue weighted by molar-refractivity contribution is -0.150. The highest BCUT2D eigenvalue weighted by Gasteiger charge is 2.53. The van der Waals surface area contributed by atoms with E-state index in [1.165, 1.54) is 19.3 Å². The van der Waals surface area contributed by atoms with Crippen LogP contribution in [0.1, 0.15) is 70.6 Å². The van der Waals surface area contributed by atoms with Crippen molar-refractivity contribution < 1.29 is 23.9 Å². The second kappa shape index (κ2) is 7.24. The summed E-state index contributed by atoms with van der Waals surface area (Å²) in [6.45, 7) is -0.313. The summed E-state index contributed by atoms with van der Waals surface area (Å²) in [6, 6.07) is -0.436. The Morgan fingerprint density at radius 3 is 2.23 bits per heavy atom. The number of carbonyl (C=O) groups is 4. The summed E-state index contributed by atoms with van der Waals surface area (Å²) in [4.78, 5) is 50.4. The largest absolute Gasteiger partial charge is 0.456 e. The number of amides is 4. The first kappa shape index (κ1) is 19.8. The van der Waals surface area contributed by atoms with Crippen molar-refractivity contribution in [2.24, 2.45) is 17.8 Å². The summed E-state index contributed by atoms with van der Waals surface area (Å²) in [5, 5.41) is 5.98. The van der Waals surface area contributed by atoms with Gasteiger partial charge in [-0.3, -0.25) is 19.3 Å². The second-order valence-corrected chi connectivity index (χ2v) is 10.3. The summed E-state index contributed by atoms with van der Waals surface area (Å²) in [7, 11) is 0. The Morgan fingerprint density at radius 1 is 1.03 bits per heavy atom. The van der Waals surface area contributed by atoms with Crippen molar-refractivity contribution in [1.82, 2.24) is 15.5 Å². The van der Waals surface area contributed by atoms with Crippen molar-refractivity contribution in [2.45, 2.75) is 81.7 Å². The number of esters is 1. The average Bonchev–Trinajstić information content (AvgIpc) is 3.22. The molecule has 1 spiro atoms. The van der Waals surface area contributed by atoms with Crippen LogP contribution in [0.15, 0.2) is 0 Å². The Balaban J connectivity index is 1.07. The minimum atomic E-state index is -0.765. The topological polar surface area (TPSA) is 105 Å². The lowest BCUT2D eigenvalue weighted by Gasteiger charge is -2.56. The summed E-state index contributed by atoms with van der Waals surface area (Å²) in [5.74, 6) is 1.13. The number of hydrogen-bond acceptors (Lipinski definition) is 5. The minimum Gasteiger partial charge on any atom is -0.456 e. The van der Waals surface area contributed by atoms with Gasteiger partial charge in [-0.05, 0) is 69.1 Å². The van der Waals surface area contributed by atoms with E-state index < -0.39 is 17.5 Å². The highest BCUT2D eigenvalue weighted by Crippen LogP contribution is 2.55. The molecule has 0 radical (unpaired) electrons. The van der Waals surface area contributed by atoms with Crippen LogP contribution in [0, 0.1) is 17.8 Å². The molecule has 1 heterocycles. The van der Waals surface area contributed by atoms with Crippen LogP contribution in [0.5, 0.6) is 0 Å². The number of nitrogens with zero attached hydrogens (tertiary/aromatic N) is 1. The van der Waals surface area contributed by atoms with Gasteiger partial charge < -0.3 is 15.4 Å². The third-order valence-electron chi connectivity index (χ3n) is 8.05. The van der Waals surface area contributed by atoms with Crippen LogP contribution in [0.3, 0.4) is 0 Å². The summed E-state index contributed by atoms with van der Waals surface area (Å²) >= 11 is 0. The standard InChI is InChI=1S/C22H31N3O5/c26-17(23-21-10-14-7-15(11-21)9-16(8-14)12-21)13-30-18(27)3-6-25-19(28)22(24-20(25)29)4-1-2-5-22/h14-16H,1-13H2,(H,23,26)(H,24,29). The molecule has 0 aromatic carbocycles. The van der Waals surface area contributed by atoms with Crippen LogP contribution in [0.4, 0.5) is 4.79 Å². The van der Waals surface area contributed by atoms with Gasteiger partial charge in [-0.15, -0.1) is 0 Å². The lowest BCUT2D eigenvalue weighted by Crippen LogP contribution is -2.60. The van der Waals surface area contributed by atoms with Crippen molar-refractivity contribution in [1.29, 1.82) is 0 Å². The molecule has 8 nitrogen and oxygen atoms in total. The molecular weight excluding hydrogens is 386 g/mol. The summed E-state index contributed by atoms with van der Waals surface area (Å²) in [6.07, 6.45) is 10.1. The lowest BCUT2D eigenvalue weighted by atomic mass is 9.53. The zero-order valence-corrected chi connectivity index (χ0v) is 17.4. The fraction of sp³-hybridized carbons (Fsp3) is 0.818. The number of urea groups is 1. The van der Waals surface area contributed by atoms with Gasteiger partial charge in [0, 0.05) is 12.1 Å². The number of ether oxygens (including phenoxy) is 1. The molecule has 4 bridgehead atoms. The molecule has 2 N–H and O–H groups in total. The van der Waals surface area contributed by atoms with Gasteiger partial charge in [-0.1, -0.05) is 12.8 Å². The Labute approximate surface area is 176 Å². The van der Waals surface area contributed by atoms with Gasteiger partial charge in [0.1, 0.15) is 5.54 Å². The van der Waals surface area contributed by atoms with Gasteiger partial charge in [-0.25, -0.2) is 4.79 Å². The van der Waals surface area contributed by atoms with E-state index in [2.05, 4.69) is 10.6 Å². The van der Waals surface area contributed by atoms with Gasteiger partial charge in [0.05, 0.1) is 6.42 Å². The molecule has 1 saturated heterocycles. The van der Waals surface area contributed by atoms with E-state index in [0.717, 1.165) is 54.8 Å². The Kier molecular flexibility index (Phi) is 4.78. The molecule has 164 valence electrons. The van der Waals surface area contributed by atoms with Crippen molar-refractivity contribution in [3.8, 4) is 0 Å². The predicted octanol–water partition coefficient (Wildman–Crippen LogP) is 1.87. The molecule has 8 heteroatoms. The van der Waals surface area contributed by atoms with Crippen LogP contribution < -0.4 is 10.6 Å². The molecule has 1 aliphatic heterocycles. The fourth-order valence-electron chi connectivity index (χ4n) is 7.21. The van der Waals surface area contributed by atoms with Crippen molar-refractivity contribution in [3.63, 3.8) is 0 Å². The molecule has 0 unspecified atom stereocenters. The Hall–Kier alpha value is -2.12. The first-order valence-corrected chi connectivity index (χ1v) is 11.5. The molecule has 6 rings (SSSR count). The van der Waals surface area contributed by atoms with E-state index in [1.807, 2.05) is 0 Å². The summed E-state index contributed by atoms with van der Waals surface area (Å²) in [5.41, 5.74) is -0.868. The number of nitrogens with one attached hydrogen (secondary N) is 2. The highest BCUT2D eigenvalue weighted by molar-refractivity contribution is 6.07. The smallest absolute Gasteiger partial charge is 0.325 e. The van der Waals surface area contributed by atoms with Crippen LogP contribution in [-0.2, 0) is 19.1 Å². The van der Waals surface area contributed by atoms with Gasteiger partial charge >= 0.3 is 12.0 Å². The SMILES string of the molecule is O=C(COC(=O)CCN1C(=O)NC2(CCCC2)C1=O)NC12CC3CC(CC(C3)C1)C2. The number of imide groups is 1. The molecule has 5 aliphatic carbocycles. The third-order valence-corrected chi connectivity index (χ3v) is 8.05. The maximum atomic E-state index is 12.6. The quantitative estimate of drug-likeness (QED) is 0.507. The first-order chi connectivity index (χ1) is 14.4. The predicted molar refractivity (Wildman–Crippen MR) is 106 cm³/mol. The van der Waals surface area contributed by atoms with Gasteiger partial charge in [0.25, 0.3) is 11.8 Å². The number of carbonyl (C=O) groups excluding carboxylic acids is 4. The molecule has 0 aromatic heterocycles. The monoisotopic (exact) mass is 417 g/mol. The van der Waals surface area contributed by atoms with E-state index in [0.29, 0.717) is 12.8 Å². The van der Waals surface area contributed by atoms with Crippen LogP contribution >= 0.6 is 0 Å². The molecular formula is C22H31N3O5. The molecule has 0 aromatic rings. The van der Waals surface area contributed by atoms with E-state index in [-0.39, 0.29) is 36.9 Å². The van der Waals surface area contributed by atoms with Crippen molar-refractivity contribution >= 4 is 23.8 Å². The maximum Gasteiger partial charge on any atom is 0.325 e. The number of rotatable bonds is 6. The first-order valence-electron chi connectivity index (χ1n) is 11.5. The third kappa shape index (κ3) is 3.48. The summed E-state index contributed by atoms with van der Waals surface area (Å²) < 4.78 is 5.14. The zero-order chi connectivity index (χ0) is 20.9. The van der Waals surface area contributed by atoms with Gasteiger partial charge in [0.2, 0.25) is 0 Å². The van der Waals surface area contributed by atoms with Gasteiger partial charge in [-0.2, -0.15) is 0 Å². The molecule has 5 saturated carbocycles. The average molecular weight is 418 g/mol. The minimum absolute atomic E-state index is 0.0121.